The molecule has 1 amide bonds. The van der Waals surface area contributed by atoms with Crippen molar-refractivity contribution in [2.45, 2.75) is 6.92 Å². The van der Waals surface area contributed by atoms with Gasteiger partial charge in [0.05, 0.1) is 20.4 Å². The van der Waals surface area contributed by atoms with Crippen LogP contribution in [0.2, 0.25) is 0 Å². The van der Waals surface area contributed by atoms with Crippen LogP contribution < -0.4 is 19.6 Å². The van der Waals surface area contributed by atoms with Crippen LogP contribution in [0.15, 0.2) is 71.8 Å². The third-order valence-corrected chi connectivity index (χ3v) is 4.36. The fraction of sp³-hybridized carbons (Fsp3) is 0.125. The highest BCUT2D eigenvalue weighted by atomic mass is 16.6. The fourth-order valence-electron chi connectivity index (χ4n) is 2.89. The first-order valence-electron chi connectivity index (χ1n) is 9.45. The number of hydrazone groups is 1. The Morgan fingerprint density at radius 1 is 0.871 bits per heavy atom. The van der Waals surface area contributed by atoms with Gasteiger partial charge in [-0.05, 0) is 35.4 Å². The predicted molar refractivity (Wildman–Crippen MR) is 118 cm³/mol. The van der Waals surface area contributed by atoms with Gasteiger partial charge in [0.15, 0.2) is 11.5 Å². The van der Waals surface area contributed by atoms with Crippen LogP contribution in [0.1, 0.15) is 22.8 Å². The van der Waals surface area contributed by atoms with E-state index in [9.17, 15) is 9.59 Å². The second-order valence-corrected chi connectivity index (χ2v) is 6.49. The molecule has 0 saturated carbocycles. The van der Waals surface area contributed by atoms with Crippen LogP contribution >= 0.6 is 0 Å². The minimum Gasteiger partial charge on any atom is -0.493 e. The van der Waals surface area contributed by atoms with Gasteiger partial charge in [0.1, 0.15) is 0 Å². The number of benzene rings is 3. The lowest BCUT2D eigenvalue weighted by atomic mass is 10.0. The number of hydrogen-bond acceptors (Lipinski definition) is 6. The lowest BCUT2D eigenvalue weighted by molar-refractivity contribution is -0.132. The highest BCUT2D eigenvalue weighted by Crippen LogP contribution is 2.38. The van der Waals surface area contributed by atoms with Crippen molar-refractivity contribution in [1.82, 2.24) is 5.43 Å². The highest BCUT2D eigenvalue weighted by Gasteiger charge is 2.15. The van der Waals surface area contributed by atoms with Gasteiger partial charge in [0.25, 0.3) is 5.91 Å². The maximum absolute atomic E-state index is 12.4. The Kier molecular flexibility index (Phi) is 7.01. The molecule has 0 aromatic heterocycles. The first-order valence-corrected chi connectivity index (χ1v) is 9.45. The summed E-state index contributed by atoms with van der Waals surface area (Å²) in [5, 5.41) is 4.00. The standard InChI is InChI=1S/C24H22N2O5/c1-16(27)31-23-21(29-2)13-17(14-22(23)30-3)15-25-26-24(28)20-11-9-19(10-12-20)18-7-5-4-6-8-18/h4-15H,1-3H3,(H,26,28). The van der Waals surface area contributed by atoms with Gasteiger partial charge < -0.3 is 14.2 Å². The minimum atomic E-state index is -0.497. The smallest absolute Gasteiger partial charge is 0.308 e. The Morgan fingerprint density at radius 3 is 2.00 bits per heavy atom. The number of rotatable bonds is 7. The summed E-state index contributed by atoms with van der Waals surface area (Å²) in [6.45, 7) is 1.29. The zero-order valence-corrected chi connectivity index (χ0v) is 17.4. The Hall–Kier alpha value is -4.13. The van der Waals surface area contributed by atoms with Gasteiger partial charge >= 0.3 is 5.97 Å². The van der Waals surface area contributed by atoms with E-state index in [1.165, 1.54) is 27.4 Å². The van der Waals surface area contributed by atoms with E-state index in [1.54, 1.807) is 24.3 Å². The summed E-state index contributed by atoms with van der Waals surface area (Å²) in [4.78, 5) is 23.7. The van der Waals surface area contributed by atoms with Crippen LogP contribution in [0.25, 0.3) is 11.1 Å². The molecule has 0 fully saturated rings. The molecule has 0 heterocycles. The van der Waals surface area contributed by atoms with E-state index in [0.717, 1.165) is 11.1 Å². The van der Waals surface area contributed by atoms with Gasteiger partial charge in [-0.25, -0.2) is 5.43 Å². The lowest BCUT2D eigenvalue weighted by Gasteiger charge is -2.13. The second kappa shape index (κ2) is 10.1. The van der Waals surface area contributed by atoms with Crippen LogP contribution in [0.3, 0.4) is 0 Å². The van der Waals surface area contributed by atoms with Crippen LogP contribution in [-0.2, 0) is 4.79 Å². The molecule has 31 heavy (non-hydrogen) atoms. The monoisotopic (exact) mass is 418 g/mol. The Balaban J connectivity index is 1.71. The molecule has 3 aromatic rings. The van der Waals surface area contributed by atoms with Crippen molar-refractivity contribution in [3.63, 3.8) is 0 Å². The first kappa shape index (κ1) is 21.6. The average molecular weight is 418 g/mol. The second-order valence-electron chi connectivity index (χ2n) is 6.49. The maximum Gasteiger partial charge on any atom is 0.308 e. The summed E-state index contributed by atoms with van der Waals surface area (Å²) in [5.74, 6) is -0.0512. The number of ether oxygens (including phenoxy) is 3. The first-order chi connectivity index (χ1) is 15.0. The van der Waals surface area contributed by atoms with Crippen molar-refractivity contribution >= 4 is 18.1 Å². The van der Waals surface area contributed by atoms with E-state index in [2.05, 4.69) is 10.5 Å². The zero-order valence-electron chi connectivity index (χ0n) is 17.4. The SMILES string of the molecule is COc1cc(C=NNC(=O)c2ccc(-c3ccccc3)cc2)cc(OC)c1OC(C)=O. The fourth-order valence-corrected chi connectivity index (χ4v) is 2.89. The number of esters is 1. The lowest BCUT2D eigenvalue weighted by Crippen LogP contribution is -2.17. The molecule has 3 rings (SSSR count). The molecule has 1 N–H and O–H groups in total. The number of nitrogens with one attached hydrogen (secondary N) is 1. The predicted octanol–water partition coefficient (Wildman–Crippen LogP) is 4.06. The number of carbonyl (C=O) groups excluding carboxylic acids is 2. The normalized spacial score (nSPS) is 10.5. The van der Waals surface area contributed by atoms with Crippen LogP contribution in [0, 0.1) is 0 Å². The van der Waals surface area contributed by atoms with Crippen molar-refractivity contribution in [3.05, 3.63) is 77.9 Å². The highest BCUT2D eigenvalue weighted by molar-refractivity contribution is 5.95. The Bertz CT molecular complexity index is 1070. The molecule has 0 radical (unpaired) electrons. The molecule has 0 atom stereocenters. The van der Waals surface area contributed by atoms with E-state index in [0.29, 0.717) is 22.6 Å². The number of hydrogen-bond donors (Lipinski definition) is 1. The summed E-state index contributed by atoms with van der Waals surface area (Å²) in [6.07, 6.45) is 1.44. The minimum absolute atomic E-state index is 0.178. The van der Waals surface area contributed by atoms with Crippen molar-refractivity contribution in [2.24, 2.45) is 5.10 Å². The van der Waals surface area contributed by atoms with Gasteiger partial charge in [-0.3, -0.25) is 9.59 Å². The summed E-state index contributed by atoms with van der Waals surface area (Å²) < 4.78 is 15.7. The summed E-state index contributed by atoms with van der Waals surface area (Å²) in [6, 6.07) is 20.4. The molecule has 0 aliphatic carbocycles. The molecule has 0 saturated heterocycles. The van der Waals surface area contributed by atoms with Gasteiger partial charge in [0, 0.05) is 18.1 Å². The largest absolute Gasteiger partial charge is 0.493 e. The van der Waals surface area contributed by atoms with Crippen LogP contribution in [0.4, 0.5) is 0 Å². The van der Waals surface area contributed by atoms with Crippen molar-refractivity contribution in [3.8, 4) is 28.4 Å². The average Bonchev–Trinajstić information content (AvgIpc) is 2.80. The van der Waals surface area contributed by atoms with Gasteiger partial charge in [0.2, 0.25) is 5.75 Å². The molecular weight excluding hydrogens is 396 g/mol. The Morgan fingerprint density at radius 2 is 1.45 bits per heavy atom. The molecule has 7 heteroatoms. The quantitative estimate of drug-likeness (QED) is 0.271. The number of nitrogens with zero attached hydrogens (tertiary/aromatic N) is 1. The number of methoxy groups -OCH3 is 2. The Labute approximate surface area is 180 Å². The molecule has 3 aromatic carbocycles. The van der Waals surface area contributed by atoms with Gasteiger partial charge in [-0.15, -0.1) is 0 Å². The molecule has 158 valence electrons. The summed E-state index contributed by atoms with van der Waals surface area (Å²) in [5.41, 5.74) is 5.66. The molecule has 0 unspecified atom stereocenters. The molecular formula is C24H22N2O5. The third kappa shape index (κ3) is 5.48. The van der Waals surface area contributed by atoms with E-state index < -0.39 is 5.97 Å². The third-order valence-electron chi connectivity index (χ3n) is 4.36. The van der Waals surface area contributed by atoms with Gasteiger partial charge in [-0.1, -0.05) is 42.5 Å². The number of carbonyl (C=O) groups is 2. The van der Waals surface area contributed by atoms with Crippen molar-refractivity contribution in [1.29, 1.82) is 0 Å². The zero-order chi connectivity index (χ0) is 22.2. The van der Waals surface area contributed by atoms with E-state index in [4.69, 9.17) is 14.2 Å². The molecule has 0 aliphatic heterocycles. The molecule has 7 nitrogen and oxygen atoms in total. The van der Waals surface area contributed by atoms with Crippen LogP contribution in [0.5, 0.6) is 17.2 Å². The van der Waals surface area contributed by atoms with E-state index >= 15 is 0 Å². The maximum atomic E-state index is 12.4. The van der Waals surface area contributed by atoms with Crippen LogP contribution in [-0.4, -0.2) is 32.3 Å². The topological polar surface area (TPSA) is 86.2 Å². The molecule has 0 spiro atoms. The van der Waals surface area contributed by atoms with E-state index in [-0.39, 0.29) is 11.7 Å². The molecule has 0 aliphatic rings. The summed E-state index contributed by atoms with van der Waals surface area (Å²) in [7, 11) is 2.90. The van der Waals surface area contributed by atoms with E-state index in [1.807, 2.05) is 42.5 Å². The van der Waals surface area contributed by atoms with Crippen molar-refractivity contribution < 1.29 is 23.8 Å². The van der Waals surface area contributed by atoms with Crippen molar-refractivity contribution in [2.75, 3.05) is 14.2 Å². The number of amides is 1. The molecule has 0 bridgehead atoms. The van der Waals surface area contributed by atoms with Gasteiger partial charge in [-0.2, -0.15) is 5.10 Å². The summed E-state index contributed by atoms with van der Waals surface area (Å²) >= 11 is 0.